The van der Waals surface area contributed by atoms with E-state index in [0.29, 0.717) is 5.76 Å². The lowest BCUT2D eigenvalue weighted by molar-refractivity contribution is -0.00288. The Bertz CT molecular complexity index is 166. The molecule has 4 nitrogen and oxygen atoms in total. The second-order valence-electron chi connectivity index (χ2n) is 2.47. The molecule has 4 heteroatoms. The van der Waals surface area contributed by atoms with E-state index in [0.717, 1.165) is 0 Å². The van der Waals surface area contributed by atoms with E-state index in [-0.39, 0.29) is 6.61 Å². The first-order chi connectivity index (χ1) is 5.20. The summed E-state index contributed by atoms with van der Waals surface area (Å²) in [6.07, 6.45) is -1.11. The van der Waals surface area contributed by atoms with Crippen molar-refractivity contribution >= 4 is 0 Å². The van der Waals surface area contributed by atoms with Gasteiger partial charge in [0.15, 0.2) is 6.10 Å². The standard InChI is InChI=1S/C7H12O4/c1-2-4-6(9)7(10)5(3-8)11-4/h2,5-10H,3H2,1H3/b4-2-/t5-,6?,7?/m1/s1. The Kier molecular flexibility index (Phi) is 2.49. The van der Waals surface area contributed by atoms with Crippen LogP contribution in [0, 0.1) is 0 Å². The van der Waals surface area contributed by atoms with Crippen LogP contribution in [0.15, 0.2) is 11.8 Å². The van der Waals surface area contributed by atoms with Gasteiger partial charge in [-0.3, -0.25) is 0 Å². The van der Waals surface area contributed by atoms with Crippen LogP contribution in [-0.4, -0.2) is 40.2 Å². The molecule has 1 fully saturated rings. The van der Waals surface area contributed by atoms with Crippen molar-refractivity contribution in [3.63, 3.8) is 0 Å². The van der Waals surface area contributed by atoms with Gasteiger partial charge in [0.05, 0.1) is 6.61 Å². The Morgan fingerprint density at radius 2 is 2.18 bits per heavy atom. The fourth-order valence-corrected chi connectivity index (χ4v) is 1.07. The summed E-state index contributed by atoms with van der Waals surface area (Å²) in [7, 11) is 0. The summed E-state index contributed by atoms with van der Waals surface area (Å²) in [4.78, 5) is 0. The summed E-state index contributed by atoms with van der Waals surface area (Å²) < 4.78 is 5.00. The largest absolute Gasteiger partial charge is 0.487 e. The second-order valence-corrected chi connectivity index (χ2v) is 2.47. The summed E-state index contributed by atoms with van der Waals surface area (Å²) in [5.41, 5.74) is 0. The van der Waals surface area contributed by atoms with Gasteiger partial charge in [0.1, 0.15) is 18.0 Å². The molecular formula is C7H12O4. The molecule has 0 aromatic rings. The first kappa shape index (κ1) is 8.52. The van der Waals surface area contributed by atoms with Gasteiger partial charge in [-0.15, -0.1) is 0 Å². The molecule has 0 aromatic carbocycles. The molecule has 1 aliphatic rings. The number of rotatable bonds is 1. The fraction of sp³-hybridized carbons (Fsp3) is 0.714. The zero-order valence-electron chi connectivity index (χ0n) is 6.27. The molecule has 1 rings (SSSR count). The van der Waals surface area contributed by atoms with Gasteiger partial charge in [-0.2, -0.15) is 0 Å². The molecule has 1 saturated heterocycles. The van der Waals surface area contributed by atoms with Crippen molar-refractivity contribution in [3.05, 3.63) is 11.8 Å². The van der Waals surface area contributed by atoms with Gasteiger partial charge in [-0.25, -0.2) is 0 Å². The SMILES string of the molecule is C/C=C1\O[C@H](CO)C(O)C1O. The number of aliphatic hydroxyl groups excluding tert-OH is 3. The monoisotopic (exact) mass is 160 g/mol. The van der Waals surface area contributed by atoms with Crippen molar-refractivity contribution in [1.82, 2.24) is 0 Å². The van der Waals surface area contributed by atoms with Crippen LogP contribution >= 0.6 is 0 Å². The van der Waals surface area contributed by atoms with Crippen LogP contribution in [0.25, 0.3) is 0 Å². The molecule has 0 aliphatic carbocycles. The maximum atomic E-state index is 9.20. The van der Waals surface area contributed by atoms with Crippen molar-refractivity contribution in [1.29, 1.82) is 0 Å². The van der Waals surface area contributed by atoms with Crippen LogP contribution in [0.4, 0.5) is 0 Å². The first-order valence-electron chi connectivity index (χ1n) is 3.50. The maximum absolute atomic E-state index is 9.20. The van der Waals surface area contributed by atoms with Crippen LogP contribution < -0.4 is 0 Å². The Labute approximate surface area is 64.7 Å². The minimum Gasteiger partial charge on any atom is -0.487 e. The highest BCUT2D eigenvalue weighted by Gasteiger charge is 2.38. The topological polar surface area (TPSA) is 69.9 Å². The van der Waals surface area contributed by atoms with E-state index in [1.54, 1.807) is 13.0 Å². The van der Waals surface area contributed by atoms with E-state index in [4.69, 9.17) is 9.84 Å². The first-order valence-corrected chi connectivity index (χ1v) is 3.50. The van der Waals surface area contributed by atoms with Crippen LogP contribution in [0.5, 0.6) is 0 Å². The van der Waals surface area contributed by atoms with Gasteiger partial charge in [0, 0.05) is 0 Å². The second kappa shape index (κ2) is 3.21. The molecule has 2 unspecified atom stereocenters. The fourth-order valence-electron chi connectivity index (χ4n) is 1.07. The lowest BCUT2D eigenvalue weighted by Crippen LogP contribution is -2.31. The summed E-state index contributed by atoms with van der Waals surface area (Å²) in [5, 5.41) is 27.0. The lowest BCUT2D eigenvalue weighted by atomic mass is 10.1. The van der Waals surface area contributed by atoms with Crippen molar-refractivity contribution in [2.24, 2.45) is 0 Å². The van der Waals surface area contributed by atoms with E-state index >= 15 is 0 Å². The Morgan fingerprint density at radius 3 is 2.45 bits per heavy atom. The molecule has 3 atom stereocenters. The predicted molar refractivity (Wildman–Crippen MR) is 37.7 cm³/mol. The molecule has 1 heterocycles. The van der Waals surface area contributed by atoms with E-state index in [1.165, 1.54) is 0 Å². The van der Waals surface area contributed by atoms with Gasteiger partial charge in [-0.05, 0) is 13.0 Å². The predicted octanol–water partition coefficient (Wildman–Crippen LogP) is -0.997. The molecule has 0 bridgehead atoms. The third-order valence-corrected chi connectivity index (χ3v) is 1.75. The number of hydrogen-bond donors (Lipinski definition) is 3. The van der Waals surface area contributed by atoms with Gasteiger partial charge in [0.25, 0.3) is 0 Å². The third kappa shape index (κ3) is 1.38. The van der Waals surface area contributed by atoms with Crippen LogP contribution in [0.3, 0.4) is 0 Å². The Hall–Kier alpha value is -0.580. The molecule has 0 spiro atoms. The summed E-state index contributed by atoms with van der Waals surface area (Å²) in [6.45, 7) is 1.42. The van der Waals surface area contributed by atoms with Gasteiger partial charge in [0.2, 0.25) is 0 Å². The Balaban J connectivity index is 2.68. The van der Waals surface area contributed by atoms with E-state index in [2.05, 4.69) is 0 Å². The molecular weight excluding hydrogens is 148 g/mol. The average Bonchev–Trinajstić information content (AvgIpc) is 2.30. The van der Waals surface area contributed by atoms with Crippen molar-refractivity contribution < 1.29 is 20.1 Å². The van der Waals surface area contributed by atoms with E-state index in [1.807, 2.05) is 0 Å². The smallest absolute Gasteiger partial charge is 0.150 e. The molecule has 0 radical (unpaired) electrons. The minimum absolute atomic E-state index is 0.282. The van der Waals surface area contributed by atoms with Crippen molar-refractivity contribution in [2.45, 2.75) is 25.2 Å². The number of hydrogen-bond acceptors (Lipinski definition) is 4. The zero-order valence-corrected chi connectivity index (χ0v) is 6.27. The Morgan fingerprint density at radius 1 is 1.55 bits per heavy atom. The maximum Gasteiger partial charge on any atom is 0.150 e. The van der Waals surface area contributed by atoms with E-state index < -0.39 is 18.3 Å². The van der Waals surface area contributed by atoms with Crippen LogP contribution in [-0.2, 0) is 4.74 Å². The zero-order chi connectivity index (χ0) is 8.43. The van der Waals surface area contributed by atoms with Gasteiger partial charge in [-0.1, -0.05) is 0 Å². The van der Waals surface area contributed by atoms with Crippen LogP contribution in [0.2, 0.25) is 0 Å². The van der Waals surface area contributed by atoms with Gasteiger partial charge >= 0.3 is 0 Å². The summed E-state index contributed by atoms with van der Waals surface area (Å²) in [5.74, 6) is 0.330. The molecule has 0 aromatic heterocycles. The molecule has 0 saturated carbocycles. The molecule has 1 aliphatic heterocycles. The highest BCUT2D eigenvalue weighted by molar-refractivity contribution is 5.09. The van der Waals surface area contributed by atoms with Crippen molar-refractivity contribution in [2.75, 3.05) is 6.61 Å². The number of aliphatic hydroxyl groups is 3. The quantitative estimate of drug-likeness (QED) is 0.460. The molecule has 0 amide bonds. The number of ether oxygens (including phenoxy) is 1. The molecule has 11 heavy (non-hydrogen) atoms. The highest BCUT2D eigenvalue weighted by Crippen LogP contribution is 2.23. The summed E-state index contributed by atoms with van der Waals surface area (Å²) in [6, 6.07) is 0. The number of allylic oxidation sites excluding steroid dienone is 1. The van der Waals surface area contributed by atoms with E-state index in [9.17, 15) is 10.2 Å². The van der Waals surface area contributed by atoms with Gasteiger partial charge < -0.3 is 20.1 Å². The molecule has 64 valence electrons. The lowest BCUT2D eigenvalue weighted by Gasteiger charge is -2.09. The minimum atomic E-state index is -1.01. The summed E-state index contributed by atoms with van der Waals surface area (Å²) >= 11 is 0. The third-order valence-electron chi connectivity index (χ3n) is 1.75. The highest BCUT2D eigenvalue weighted by atomic mass is 16.5. The average molecular weight is 160 g/mol. The van der Waals surface area contributed by atoms with Crippen molar-refractivity contribution in [3.8, 4) is 0 Å². The molecule has 3 N–H and O–H groups in total. The van der Waals surface area contributed by atoms with Crippen LogP contribution in [0.1, 0.15) is 6.92 Å². The normalized spacial score (nSPS) is 41.1.